The van der Waals surface area contributed by atoms with Crippen LogP contribution in [0.1, 0.15) is 50.7 Å². The van der Waals surface area contributed by atoms with Crippen LogP contribution in [0.2, 0.25) is 0 Å². The predicted octanol–water partition coefficient (Wildman–Crippen LogP) is 1.98. The van der Waals surface area contributed by atoms with Crippen molar-refractivity contribution in [1.82, 2.24) is 9.80 Å². The summed E-state index contributed by atoms with van der Waals surface area (Å²) < 4.78 is 10.9. The van der Waals surface area contributed by atoms with Crippen LogP contribution in [0, 0.1) is 5.92 Å². The first-order chi connectivity index (χ1) is 17.1. The van der Waals surface area contributed by atoms with Crippen molar-refractivity contribution in [2.45, 2.75) is 64.6 Å². The first-order valence-corrected chi connectivity index (χ1v) is 12.5. The van der Waals surface area contributed by atoms with Gasteiger partial charge in [0.25, 0.3) is 11.9 Å². The molecule has 10 nitrogen and oxygen atoms in total. The van der Waals surface area contributed by atoms with Crippen molar-refractivity contribution in [2.24, 2.45) is 11.7 Å². The number of nitrogens with zero attached hydrogens (tertiary/aromatic N) is 2. The second-order valence-corrected chi connectivity index (χ2v) is 9.51. The number of benzene rings is 1. The Hall–Kier alpha value is -2.69. The fourth-order valence-corrected chi connectivity index (χ4v) is 4.91. The molecule has 3 aliphatic heterocycles. The summed E-state index contributed by atoms with van der Waals surface area (Å²) in [6.45, 7) is 7.04. The number of carboxylic acid groups (broad SMARTS) is 2. The maximum absolute atomic E-state index is 13.4. The molecule has 4 rings (SSSR count). The molecule has 0 radical (unpaired) electrons. The Morgan fingerprint density at radius 2 is 1.64 bits per heavy atom. The minimum Gasteiger partial charge on any atom is -0.497 e. The molecule has 0 aliphatic carbocycles. The third-order valence-electron chi connectivity index (χ3n) is 6.60. The summed E-state index contributed by atoms with van der Waals surface area (Å²) >= 11 is 0. The van der Waals surface area contributed by atoms with E-state index in [2.05, 4.69) is 21.9 Å². The van der Waals surface area contributed by atoms with Crippen LogP contribution in [0.3, 0.4) is 0 Å². The third-order valence-corrected chi connectivity index (χ3v) is 6.60. The number of likely N-dealkylation sites (tertiary alicyclic amines) is 1. The minimum atomic E-state index is -0.833. The first kappa shape index (κ1) is 29.5. The van der Waals surface area contributed by atoms with Crippen molar-refractivity contribution in [1.29, 1.82) is 0 Å². The summed E-state index contributed by atoms with van der Waals surface area (Å²) in [5, 5.41) is 14.8. The highest BCUT2D eigenvalue weighted by Crippen LogP contribution is 2.28. The van der Waals surface area contributed by atoms with E-state index in [0.29, 0.717) is 18.5 Å². The topological polar surface area (TPSA) is 143 Å². The molecular formula is C26H41N3O7. The first-order valence-electron chi connectivity index (χ1n) is 12.5. The molecule has 0 saturated carbocycles. The fourth-order valence-electron chi connectivity index (χ4n) is 4.91. The SMILES string of the molecule is CC(=O)O.CC(=O)O.COc1ccc2c(c1)CCN(C(=O)[C@@H]1CC[C@H](N)CN(C3CCOCC3)C1)C2. The zero-order valence-corrected chi connectivity index (χ0v) is 21.6. The lowest BCUT2D eigenvalue weighted by atomic mass is 9.95. The van der Waals surface area contributed by atoms with Gasteiger partial charge in [-0.15, -0.1) is 0 Å². The zero-order valence-electron chi connectivity index (χ0n) is 21.6. The number of rotatable bonds is 3. The van der Waals surface area contributed by atoms with E-state index in [4.69, 9.17) is 35.0 Å². The highest BCUT2D eigenvalue weighted by Gasteiger charge is 2.34. The Bertz CT molecular complexity index is 853. The average molecular weight is 508 g/mol. The summed E-state index contributed by atoms with van der Waals surface area (Å²) in [5.41, 5.74) is 8.90. The number of carbonyl (C=O) groups excluding carboxylic acids is 1. The summed E-state index contributed by atoms with van der Waals surface area (Å²) in [6, 6.07) is 6.86. The number of carbonyl (C=O) groups is 3. The smallest absolute Gasteiger partial charge is 0.300 e. The largest absolute Gasteiger partial charge is 0.497 e. The van der Waals surface area contributed by atoms with Crippen LogP contribution in [0.5, 0.6) is 5.75 Å². The fraction of sp³-hybridized carbons (Fsp3) is 0.654. The van der Waals surface area contributed by atoms with Crippen LogP contribution >= 0.6 is 0 Å². The summed E-state index contributed by atoms with van der Waals surface area (Å²) in [5.74, 6) is -0.424. The molecule has 2 saturated heterocycles. The number of amides is 1. The van der Waals surface area contributed by atoms with E-state index in [0.717, 1.165) is 84.5 Å². The maximum atomic E-state index is 13.4. The van der Waals surface area contributed by atoms with E-state index in [-0.39, 0.29) is 12.0 Å². The molecule has 0 spiro atoms. The van der Waals surface area contributed by atoms with Gasteiger partial charge in [-0.25, -0.2) is 0 Å². The van der Waals surface area contributed by atoms with Crippen LogP contribution < -0.4 is 10.5 Å². The number of methoxy groups -OCH3 is 1. The molecule has 4 N–H and O–H groups in total. The Morgan fingerprint density at radius 1 is 1.00 bits per heavy atom. The lowest BCUT2D eigenvalue weighted by Crippen LogP contribution is -2.48. The lowest BCUT2D eigenvalue weighted by molar-refractivity contribution is -0.137. The molecule has 0 aromatic heterocycles. The Kier molecular flexibility index (Phi) is 12.1. The van der Waals surface area contributed by atoms with E-state index in [1.807, 2.05) is 6.07 Å². The normalized spacial score (nSPS) is 22.5. The highest BCUT2D eigenvalue weighted by molar-refractivity contribution is 5.79. The Labute approximate surface area is 213 Å². The number of aliphatic carboxylic acids is 2. The molecule has 2 atom stereocenters. The molecule has 36 heavy (non-hydrogen) atoms. The van der Waals surface area contributed by atoms with Crippen molar-refractivity contribution in [3.8, 4) is 5.75 Å². The number of carboxylic acids is 2. The lowest BCUT2D eigenvalue weighted by Gasteiger charge is -2.37. The number of hydrogen-bond donors (Lipinski definition) is 3. The molecule has 3 aliphatic rings. The Morgan fingerprint density at radius 3 is 2.25 bits per heavy atom. The van der Waals surface area contributed by atoms with E-state index in [9.17, 15) is 4.79 Å². The van der Waals surface area contributed by atoms with Gasteiger partial charge in [-0.1, -0.05) is 6.07 Å². The average Bonchev–Trinajstić information content (AvgIpc) is 3.04. The van der Waals surface area contributed by atoms with Crippen molar-refractivity contribution < 1.29 is 34.1 Å². The van der Waals surface area contributed by atoms with Gasteiger partial charge in [0.2, 0.25) is 5.91 Å². The molecule has 1 aromatic rings. The molecule has 0 unspecified atom stereocenters. The van der Waals surface area contributed by atoms with Crippen molar-refractivity contribution in [3.05, 3.63) is 29.3 Å². The molecule has 0 bridgehead atoms. The quantitative estimate of drug-likeness (QED) is 0.559. The molecule has 1 amide bonds. The number of hydrogen-bond acceptors (Lipinski definition) is 7. The van der Waals surface area contributed by atoms with Crippen molar-refractivity contribution in [3.63, 3.8) is 0 Å². The van der Waals surface area contributed by atoms with Gasteiger partial charge >= 0.3 is 0 Å². The van der Waals surface area contributed by atoms with Crippen LogP contribution in [-0.2, 0) is 32.1 Å². The highest BCUT2D eigenvalue weighted by atomic mass is 16.5. The maximum Gasteiger partial charge on any atom is 0.300 e. The minimum absolute atomic E-state index is 0.0520. The number of ether oxygens (including phenoxy) is 2. The van der Waals surface area contributed by atoms with Gasteiger partial charge < -0.3 is 30.3 Å². The van der Waals surface area contributed by atoms with Gasteiger partial charge in [0.15, 0.2) is 0 Å². The van der Waals surface area contributed by atoms with Crippen LogP contribution in [-0.4, -0.2) is 89.9 Å². The summed E-state index contributed by atoms with van der Waals surface area (Å²) in [4.78, 5) is 35.9. The van der Waals surface area contributed by atoms with Gasteiger partial charge in [0, 0.05) is 65.3 Å². The molecule has 3 heterocycles. The molecule has 10 heteroatoms. The summed E-state index contributed by atoms with van der Waals surface area (Å²) in [6.07, 6.45) is 4.82. The van der Waals surface area contributed by atoms with E-state index in [1.54, 1.807) is 7.11 Å². The molecule has 1 aromatic carbocycles. The third kappa shape index (κ3) is 9.75. The second-order valence-electron chi connectivity index (χ2n) is 9.51. The zero-order chi connectivity index (χ0) is 26.7. The van der Waals surface area contributed by atoms with Crippen LogP contribution in [0.15, 0.2) is 18.2 Å². The number of nitrogens with two attached hydrogens (primary N) is 1. The predicted molar refractivity (Wildman–Crippen MR) is 135 cm³/mol. The standard InChI is InChI=1S/C22H33N3O3.2C2H4O2/c1-27-21-5-3-17-13-24(9-6-16(17)12-21)22(26)18-2-4-19(23)15-25(14-18)20-7-10-28-11-8-20;2*1-2(3)4/h3,5,12,18-20H,2,4,6-11,13-15,23H2,1H3;2*1H3,(H,3,4)/t18-,19+;;/m1../s1. The van der Waals surface area contributed by atoms with Gasteiger partial charge in [-0.2, -0.15) is 0 Å². The van der Waals surface area contributed by atoms with Gasteiger partial charge in [-0.05, 0) is 55.4 Å². The molecule has 2 fully saturated rings. The van der Waals surface area contributed by atoms with Gasteiger partial charge in [0.1, 0.15) is 5.75 Å². The van der Waals surface area contributed by atoms with Crippen LogP contribution in [0.25, 0.3) is 0 Å². The van der Waals surface area contributed by atoms with Gasteiger partial charge in [0.05, 0.1) is 13.0 Å². The summed E-state index contributed by atoms with van der Waals surface area (Å²) in [7, 11) is 1.70. The van der Waals surface area contributed by atoms with Gasteiger partial charge in [-0.3, -0.25) is 19.3 Å². The second kappa shape index (κ2) is 14.8. The monoisotopic (exact) mass is 507 g/mol. The van der Waals surface area contributed by atoms with Crippen molar-refractivity contribution >= 4 is 17.8 Å². The van der Waals surface area contributed by atoms with E-state index < -0.39 is 11.9 Å². The Balaban J connectivity index is 0.000000501. The molecular weight excluding hydrogens is 466 g/mol. The number of fused-ring (bicyclic) bond motifs is 1. The van der Waals surface area contributed by atoms with Crippen molar-refractivity contribution in [2.75, 3.05) is 40.0 Å². The van der Waals surface area contributed by atoms with Crippen LogP contribution in [0.4, 0.5) is 0 Å². The molecule has 202 valence electrons. The van der Waals surface area contributed by atoms with E-state index in [1.165, 1.54) is 11.1 Å². The van der Waals surface area contributed by atoms with E-state index >= 15 is 0 Å².